The first kappa shape index (κ1) is 57.4. The van der Waals surface area contributed by atoms with E-state index in [1.807, 2.05) is 0 Å². The van der Waals surface area contributed by atoms with Gasteiger partial charge in [-0.15, -0.1) is 0 Å². The predicted molar refractivity (Wildman–Crippen MR) is 215 cm³/mol. The van der Waals surface area contributed by atoms with E-state index < -0.39 is 216 Å². The van der Waals surface area contributed by atoms with E-state index in [2.05, 4.69) is 10.6 Å². The number of carboxylic acid groups (broad SMARTS) is 1. The molecule has 5 saturated heterocycles. The fourth-order valence-electron chi connectivity index (χ4n) is 9.01. The quantitative estimate of drug-likeness (QED) is 0.0571. The van der Waals surface area contributed by atoms with Gasteiger partial charge in [-0.3, -0.25) is 9.59 Å². The van der Waals surface area contributed by atoms with Gasteiger partial charge in [-0.2, -0.15) is 0 Å². The molecule has 17 N–H and O–H groups in total. The van der Waals surface area contributed by atoms with Crippen molar-refractivity contribution in [3.63, 3.8) is 0 Å². The Kier molecular flexibility index (Phi) is 20.3. The van der Waals surface area contributed by atoms with Crippen molar-refractivity contribution in [2.24, 2.45) is 0 Å². The lowest BCUT2D eigenvalue weighted by Crippen LogP contribution is -2.71. The smallest absolute Gasteiger partial charge is 0.364 e. The van der Waals surface area contributed by atoms with E-state index >= 15 is 0 Å². The second-order valence-corrected chi connectivity index (χ2v) is 17.4. The fourth-order valence-corrected chi connectivity index (χ4v) is 9.01. The molecule has 400 valence electrons. The molecule has 2 amide bonds. The van der Waals surface area contributed by atoms with E-state index in [4.69, 9.17) is 47.4 Å². The highest BCUT2D eigenvalue weighted by molar-refractivity contribution is 5.76. The van der Waals surface area contributed by atoms with Crippen LogP contribution < -0.4 is 10.6 Å². The normalized spacial score (nSPS) is 46.1. The Morgan fingerprint density at radius 3 is 1.61 bits per heavy atom. The number of aliphatic carboxylic acids is 1. The lowest BCUT2D eigenvalue weighted by atomic mass is 9.88. The third kappa shape index (κ3) is 12.3. The molecular formula is C39H66N2O28. The van der Waals surface area contributed by atoms with E-state index in [0.717, 1.165) is 21.0 Å². The van der Waals surface area contributed by atoms with Gasteiger partial charge in [-0.1, -0.05) is 0 Å². The van der Waals surface area contributed by atoms with Crippen LogP contribution in [0.2, 0.25) is 0 Å². The van der Waals surface area contributed by atoms with Crippen molar-refractivity contribution in [3.05, 3.63) is 0 Å². The summed E-state index contributed by atoms with van der Waals surface area (Å²) in [4.78, 5) is 37.8. The monoisotopic (exact) mass is 1010 g/mol. The molecule has 30 heteroatoms. The molecule has 69 heavy (non-hydrogen) atoms. The second kappa shape index (κ2) is 24.4. The first-order valence-corrected chi connectivity index (χ1v) is 21.9. The van der Waals surface area contributed by atoms with Crippen LogP contribution in [0.3, 0.4) is 0 Å². The summed E-state index contributed by atoms with van der Waals surface area (Å²) in [6, 6.07) is -3.41. The molecule has 5 heterocycles. The molecule has 11 unspecified atom stereocenters. The van der Waals surface area contributed by atoms with Crippen molar-refractivity contribution < 1.29 is 138 Å². The first-order chi connectivity index (χ1) is 32.5. The zero-order chi connectivity index (χ0) is 51.4. The number of carboxylic acids is 1. The molecule has 0 aromatic carbocycles. The predicted octanol–water partition coefficient (Wildman–Crippen LogP) is -10.7. The molecule has 0 bridgehead atoms. The van der Waals surface area contributed by atoms with Gasteiger partial charge in [0.1, 0.15) is 116 Å². The number of aliphatic hydroxyl groups excluding tert-OH is 14. The topological polar surface area (TPSA) is 471 Å². The first-order valence-electron chi connectivity index (χ1n) is 21.9. The Bertz CT molecular complexity index is 1670. The third-order valence-electron chi connectivity index (χ3n) is 12.6. The fraction of sp³-hybridized carbons (Fsp3) is 0.923. The van der Waals surface area contributed by atoms with Crippen LogP contribution in [0.5, 0.6) is 0 Å². The number of amides is 2. The Labute approximate surface area is 392 Å². The van der Waals surface area contributed by atoms with Crippen LogP contribution in [-0.4, -0.2) is 293 Å². The van der Waals surface area contributed by atoms with Gasteiger partial charge in [0.25, 0.3) is 5.79 Å². The molecule has 0 radical (unpaired) electrons. The van der Waals surface area contributed by atoms with Crippen LogP contribution in [0.4, 0.5) is 0 Å². The summed E-state index contributed by atoms with van der Waals surface area (Å²) >= 11 is 0. The molecule has 5 aliphatic heterocycles. The average molecular weight is 1010 g/mol. The van der Waals surface area contributed by atoms with Gasteiger partial charge >= 0.3 is 5.97 Å². The summed E-state index contributed by atoms with van der Waals surface area (Å²) in [5.41, 5.74) is 0. The van der Waals surface area contributed by atoms with E-state index in [9.17, 15) is 91.0 Å². The van der Waals surface area contributed by atoms with Gasteiger partial charge < -0.3 is 135 Å². The average Bonchev–Trinajstić information content (AvgIpc) is 3.31. The summed E-state index contributed by atoms with van der Waals surface area (Å²) in [6.07, 6.45) is -43.2. The van der Waals surface area contributed by atoms with Gasteiger partial charge in [-0.05, 0) is 6.92 Å². The largest absolute Gasteiger partial charge is 0.477 e. The second-order valence-electron chi connectivity index (χ2n) is 17.4. The minimum absolute atomic E-state index is 0.727. The molecule has 5 fully saturated rings. The van der Waals surface area contributed by atoms with E-state index in [1.54, 1.807) is 0 Å². The van der Waals surface area contributed by atoms with Crippen LogP contribution >= 0.6 is 0 Å². The van der Waals surface area contributed by atoms with Crippen molar-refractivity contribution in [1.82, 2.24) is 10.6 Å². The molecule has 0 aliphatic carbocycles. The van der Waals surface area contributed by atoms with Gasteiger partial charge in [0, 0.05) is 27.4 Å². The Morgan fingerprint density at radius 1 is 0.609 bits per heavy atom. The molecule has 0 aromatic heterocycles. The highest BCUT2D eigenvalue weighted by Gasteiger charge is 2.61. The van der Waals surface area contributed by atoms with Crippen molar-refractivity contribution in [2.45, 2.75) is 186 Å². The molecule has 0 saturated carbocycles. The standard InChI is InChI=1S/C39H66N2O28/c1-11-22(51)26(55)29(18(9-45)61-11)65-37-28(57)34(30(60-4)19(10-46)64-37)67-35-21(41-13(3)48)31(24(53)16(7-43)62-35)66-36-27(56)33(25(54)17(8-44)63-36)69-39(38(58)59)5-14(49)20(40-12(2)47)32(68-39)23(52)15(50)6-42/h11,14-37,42-46,49-57H,5-10H2,1-4H3,(H,40,47)(H,41,48)(H,58,59)/t11-,14+,15?,16?,17?,18?,19?,20+,21-,22+,23?,24+,25-,26?,27-,28?,29+,30-,31?,32?,33?,34+,35-,36-,37-,39-/m0/s1. The van der Waals surface area contributed by atoms with Crippen LogP contribution in [-0.2, 0) is 61.8 Å². The number of rotatable bonds is 19. The van der Waals surface area contributed by atoms with Gasteiger partial charge in [0.15, 0.2) is 18.9 Å². The Morgan fingerprint density at radius 2 is 1.09 bits per heavy atom. The highest BCUT2D eigenvalue weighted by Crippen LogP contribution is 2.39. The number of carbonyl (C=O) groups excluding carboxylic acids is 2. The lowest BCUT2D eigenvalue weighted by molar-refractivity contribution is -0.388. The Balaban J connectivity index is 1.47. The molecule has 5 rings (SSSR count). The maximum atomic E-state index is 13.0. The summed E-state index contributed by atoms with van der Waals surface area (Å²) in [6.45, 7) is -1.34. The summed E-state index contributed by atoms with van der Waals surface area (Å²) < 4.78 is 57.7. The molecule has 0 aromatic rings. The van der Waals surface area contributed by atoms with Gasteiger partial charge in [0.05, 0.1) is 51.3 Å². The van der Waals surface area contributed by atoms with E-state index in [-0.39, 0.29) is 0 Å². The SMILES string of the molecule is CO[C@H]1C(CO)O[C@@H](O[C@@H]2C(CO)O[C@@H](C)[C@@H](O)C2O)C(O)[C@H]1O[C@@H]1OC(CO)[C@@H](O)C(O[C@@H]2OC(CO)[C@H](O)C(O[C@]3(C(=O)O)C[C@@H](O)[C@@H](NC(C)=O)C(C(O)C(O)CO)O3)[C@@H]2O)[C@@H]1NC(C)=O. The molecular weight excluding hydrogens is 944 g/mol. The number of nitrogens with one attached hydrogen (secondary N) is 2. The van der Waals surface area contributed by atoms with Gasteiger partial charge in [-0.25, -0.2) is 4.79 Å². The minimum atomic E-state index is -3.17. The molecule has 26 atom stereocenters. The Hall–Kier alpha value is -2.55. The summed E-state index contributed by atoms with van der Waals surface area (Å²) in [5, 5.41) is 166. The summed E-state index contributed by atoms with van der Waals surface area (Å²) in [5.74, 6) is -6.88. The lowest BCUT2D eigenvalue weighted by Gasteiger charge is -2.51. The van der Waals surface area contributed by atoms with Crippen LogP contribution in [0, 0.1) is 0 Å². The van der Waals surface area contributed by atoms with E-state index in [0.29, 0.717) is 0 Å². The molecule has 30 nitrogen and oxygen atoms in total. The van der Waals surface area contributed by atoms with Crippen molar-refractivity contribution in [3.8, 4) is 0 Å². The van der Waals surface area contributed by atoms with E-state index in [1.165, 1.54) is 6.92 Å². The van der Waals surface area contributed by atoms with Gasteiger partial charge in [0.2, 0.25) is 11.8 Å². The van der Waals surface area contributed by atoms with Crippen molar-refractivity contribution >= 4 is 17.8 Å². The number of carbonyl (C=O) groups is 3. The molecule has 5 aliphatic rings. The van der Waals surface area contributed by atoms with Crippen LogP contribution in [0.15, 0.2) is 0 Å². The maximum absolute atomic E-state index is 13.0. The number of hydrogen-bond acceptors (Lipinski definition) is 27. The number of ether oxygens (including phenoxy) is 10. The number of hydrogen-bond donors (Lipinski definition) is 17. The van der Waals surface area contributed by atoms with Crippen molar-refractivity contribution in [1.29, 1.82) is 0 Å². The summed E-state index contributed by atoms with van der Waals surface area (Å²) in [7, 11) is 1.14. The number of methoxy groups -OCH3 is 1. The van der Waals surface area contributed by atoms with Crippen LogP contribution in [0.1, 0.15) is 27.2 Å². The minimum Gasteiger partial charge on any atom is -0.477 e. The maximum Gasteiger partial charge on any atom is 0.364 e. The van der Waals surface area contributed by atoms with Crippen LogP contribution in [0.25, 0.3) is 0 Å². The molecule has 0 spiro atoms. The zero-order valence-electron chi connectivity index (χ0n) is 37.7. The zero-order valence-corrected chi connectivity index (χ0v) is 37.7. The third-order valence-corrected chi connectivity index (χ3v) is 12.6. The number of aliphatic hydroxyl groups is 14. The van der Waals surface area contributed by atoms with Crippen molar-refractivity contribution in [2.75, 3.05) is 40.1 Å². The highest BCUT2D eigenvalue weighted by atomic mass is 16.8.